The number of esters is 3. The summed E-state index contributed by atoms with van der Waals surface area (Å²) < 4.78 is 16.7. The molecule has 0 aliphatic rings. The quantitative estimate of drug-likeness (QED) is 0.0201. The SMILES string of the molecule is CC\C=C/C=C\C=C/CCCCCCCC(=O)OC(COC(=O)CCCCCCC/C=C\CCCCC)COC(=O)CCCCCCCC/C=C\C/C=C\C/C=C\CC. The average Bonchev–Trinajstić information content (AvgIpc) is 3.23. The summed E-state index contributed by atoms with van der Waals surface area (Å²) in [6, 6.07) is 0. The van der Waals surface area contributed by atoms with Gasteiger partial charge in [0, 0.05) is 19.3 Å². The predicted molar refractivity (Wildman–Crippen MR) is 251 cm³/mol. The normalized spacial score (nSPS) is 12.8. The van der Waals surface area contributed by atoms with E-state index in [1.54, 1.807) is 0 Å². The number of ether oxygens (including phenoxy) is 3. The van der Waals surface area contributed by atoms with E-state index in [-0.39, 0.29) is 31.1 Å². The molecule has 336 valence electrons. The molecule has 0 aliphatic carbocycles. The molecule has 6 nitrogen and oxygen atoms in total. The Labute approximate surface area is 363 Å². The average molecular weight is 821 g/mol. The third kappa shape index (κ3) is 45.5. The van der Waals surface area contributed by atoms with Gasteiger partial charge in [-0.1, -0.05) is 183 Å². The van der Waals surface area contributed by atoms with Crippen molar-refractivity contribution in [3.05, 3.63) is 85.1 Å². The Kier molecular flexibility index (Phi) is 44.5. The number of hydrogen-bond donors (Lipinski definition) is 0. The van der Waals surface area contributed by atoms with Crippen LogP contribution in [0.15, 0.2) is 85.1 Å². The molecule has 0 spiro atoms. The van der Waals surface area contributed by atoms with Crippen LogP contribution < -0.4 is 0 Å². The highest BCUT2D eigenvalue weighted by Crippen LogP contribution is 2.13. The van der Waals surface area contributed by atoms with E-state index in [0.717, 1.165) is 116 Å². The Balaban J connectivity index is 4.44. The Morgan fingerprint density at radius 2 is 0.746 bits per heavy atom. The van der Waals surface area contributed by atoms with Gasteiger partial charge in [0.15, 0.2) is 6.10 Å². The molecule has 0 aliphatic heterocycles. The maximum absolute atomic E-state index is 12.7. The number of unbranched alkanes of at least 4 members (excludes halogenated alkanes) is 19. The summed E-state index contributed by atoms with van der Waals surface area (Å²) in [5, 5.41) is 0. The van der Waals surface area contributed by atoms with E-state index in [4.69, 9.17) is 14.2 Å². The maximum atomic E-state index is 12.7. The summed E-state index contributed by atoms with van der Waals surface area (Å²) in [7, 11) is 0. The molecule has 0 heterocycles. The van der Waals surface area contributed by atoms with Gasteiger partial charge in [-0.3, -0.25) is 14.4 Å². The fraction of sp³-hybridized carbons (Fsp3) is 0.679. The fourth-order valence-corrected chi connectivity index (χ4v) is 6.33. The summed E-state index contributed by atoms with van der Waals surface area (Å²) in [4.78, 5) is 37.9. The van der Waals surface area contributed by atoms with Crippen molar-refractivity contribution >= 4 is 17.9 Å². The molecule has 0 radical (unpaired) electrons. The largest absolute Gasteiger partial charge is 0.462 e. The molecule has 0 bridgehead atoms. The molecule has 0 fully saturated rings. The molecule has 0 aromatic rings. The van der Waals surface area contributed by atoms with E-state index in [0.29, 0.717) is 19.3 Å². The van der Waals surface area contributed by atoms with Gasteiger partial charge in [-0.15, -0.1) is 0 Å². The molecule has 0 N–H and O–H groups in total. The Morgan fingerprint density at radius 3 is 1.24 bits per heavy atom. The summed E-state index contributed by atoms with van der Waals surface area (Å²) in [5.41, 5.74) is 0. The summed E-state index contributed by atoms with van der Waals surface area (Å²) >= 11 is 0. The van der Waals surface area contributed by atoms with E-state index in [1.165, 1.54) is 57.8 Å². The highest BCUT2D eigenvalue weighted by molar-refractivity contribution is 5.71. The summed E-state index contributed by atoms with van der Waals surface area (Å²) in [5.74, 6) is -0.942. The highest BCUT2D eigenvalue weighted by atomic mass is 16.6. The standard InChI is InChI=1S/C53H88O6/c1-4-7-10-13-16-19-22-25-26-27-29-31-34-37-40-43-46-52(55)58-49-50(48-57-51(54)45-42-39-36-33-30-24-21-18-15-12-9-6-3)59-53(56)47-44-41-38-35-32-28-23-20-17-14-11-8-5-2/h7-8,10-11,14,16-21,23,25-26,50H,4-6,9,12-13,15,22,24,27-49H2,1-3H3/b10-7-,11-8-,17-14-,19-16-,21-18-,23-20-,26-25-. The zero-order chi connectivity index (χ0) is 43.0. The highest BCUT2D eigenvalue weighted by Gasteiger charge is 2.19. The zero-order valence-corrected chi connectivity index (χ0v) is 38.2. The van der Waals surface area contributed by atoms with Crippen LogP contribution in [0.3, 0.4) is 0 Å². The van der Waals surface area contributed by atoms with Crippen molar-refractivity contribution in [2.45, 2.75) is 219 Å². The maximum Gasteiger partial charge on any atom is 0.306 e. The van der Waals surface area contributed by atoms with Gasteiger partial charge in [0.25, 0.3) is 0 Å². The zero-order valence-electron chi connectivity index (χ0n) is 38.2. The molecule has 0 saturated heterocycles. The Bertz CT molecular complexity index is 1170. The van der Waals surface area contributed by atoms with Crippen molar-refractivity contribution in [1.82, 2.24) is 0 Å². The third-order valence-electron chi connectivity index (χ3n) is 9.93. The van der Waals surface area contributed by atoms with E-state index < -0.39 is 6.10 Å². The van der Waals surface area contributed by atoms with Crippen molar-refractivity contribution in [2.75, 3.05) is 13.2 Å². The van der Waals surface area contributed by atoms with Crippen molar-refractivity contribution in [2.24, 2.45) is 0 Å². The minimum Gasteiger partial charge on any atom is -0.462 e. The summed E-state index contributed by atoms with van der Waals surface area (Å²) in [6.45, 7) is 6.32. The van der Waals surface area contributed by atoms with Gasteiger partial charge in [0.2, 0.25) is 0 Å². The second-order valence-corrected chi connectivity index (χ2v) is 15.7. The monoisotopic (exact) mass is 821 g/mol. The van der Waals surface area contributed by atoms with Crippen LogP contribution in [0.4, 0.5) is 0 Å². The minimum atomic E-state index is -0.795. The topological polar surface area (TPSA) is 78.9 Å². The van der Waals surface area contributed by atoms with Gasteiger partial charge in [-0.25, -0.2) is 0 Å². The first-order valence-electron chi connectivity index (χ1n) is 24.1. The number of hydrogen-bond acceptors (Lipinski definition) is 6. The third-order valence-corrected chi connectivity index (χ3v) is 9.93. The lowest BCUT2D eigenvalue weighted by atomic mass is 10.1. The van der Waals surface area contributed by atoms with Crippen LogP contribution in [-0.2, 0) is 28.6 Å². The van der Waals surface area contributed by atoms with Crippen molar-refractivity contribution in [3.8, 4) is 0 Å². The van der Waals surface area contributed by atoms with Gasteiger partial charge in [0.05, 0.1) is 0 Å². The number of rotatable bonds is 42. The molecule has 59 heavy (non-hydrogen) atoms. The molecule has 0 aromatic heterocycles. The van der Waals surface area contributed by atoms with E-state index in [1.807, 2.05) is 0 Å². The Hall–Kier alpha value is -3.41. The molecule has 1 atom stereocenters. The molecule has 0 aromatic carbocycles. The predicted octanol–water partition coefficient (Wildman–Crippen LogP) is 15.6. The number of carbonyl (C=O) groups is 3. The van der Waals surface area contributed by atoms with Gasteiger partial charge < -0.3 is 14.2 Å². The van der Waals surface area contributed by atoms with Gasteiger partial charge in [-0.2, -0.15) is 0 Å². The molecule has 6 heteroatoms. The van der Waals surface area contributed by atoms with Crippen molar-refractivity contribution in [1.29, 1.82) is 0 Å². The van der Waals surface area contributed by atoms with Crippen LogP contribution in [0.5, 0.6) is 0 Å². The van der Waals surface area contributed by atoms with Crippen LogP contribution in [0, 0.1) is 0 Å². The molecular formula is C53H88O6. The molecule has 0 rings (SSSR count). The van der Waals surface area contributed by atoms with Crippen LogP contribution in [0.1, 0.15) is 213 Å². The fourth-order valence-electron chi connectivity index (χ4n) is 6.33. The lowest BCUT2D eigenvalue weighted by Crippen LogP contribution is -2.30. The van der Waals surface area contributed by atoms with Crippen molar-refractivity contribution < 1.29 is 28.6 Å². The first kappa shape index (κ1) is 55.6. The van der Waals surface area contributed by atoms with Crippen molar-refractivity contribution in [3.63, 3.8) is 0 Å². The number of carbonyl (C=O) groups excluding carboxylic acids is 3. The minimum absolute atomic E-state index is 0.0947. The smallest absolute Gasteiger partial charge is 0.306 e. The lowest BCUT2D eigenvalue weighted by Gasteiger charge is -2.18. The van der Waals surface area contributed by atoms with Crippen LogP contribution >= 0.6 is 0 Å². The lowest BCUT2D eigenvalue weighted by molar-refractivity contribution is -0.167. The van der Waals surface area contributed by atoms with Crippen LogP contribution in [0.25, 0.3) is 0 Å². The molecular weight excluding hydrogens is 733 g/mol. The Morgan fingerprint density at radius 1 is 0.373 bits per heavy atom. The summed E-state index contributed by atoms with van der Waals surface area (Å²) in [6.07, 6.45) is 59.9. The van der Waals surface area contributed by atoms with Crippen LogP contribution in [0.2, 0.25) is 0 Å². The molecule has 0 saturated carbocycles. The second kappa shape index (κ2) is 47.3. The molecule has 1 unspecified atom stereocenters. The first-order valence-corrected chi connectivity index (χ1v) is 24.1. The van der Waals surface area contributed by atoms with Crippen LogP contribution in [-0.4, -0.2) is 37.2 Å². The van der Waals surface area contributed by atoms with Gasteiger partial charge >= 0.3 is 17.9 Å². The molecule has 0 amide bonds. The van der Waals surface area contributed by atoms with Gasteiger partial charge in [-0.05, 0) is 96.3 Å². The van der Waals surface area contributed by atoms with E-state index in [9.17, 15) is 14.4 Å². The second-order valence-electron chi connectivity index (χ2n) is 15.7. The van der Waals surface area contributed by atoms with Gasteiger partial charge in [0.1, 0.15) is 13.2 Å². The number of allylic oxidation sites excluding steroid dienone is 14. The first-order chi connectivity index (χ1) is 29.0. The van der Waals surface area contributed by atoms with E-state index in [2.05, 4.69) is 106 Å². The van der Waals surface area contributed by atoms with E-state index >= 15 is 0 Å².